The fourth-order valence-electron chi connectivity index (χ4n) is 1.79. The number of rotatable bonds is 6. The molecule has 0 bridgehead atoms. The average Bonchev–Trinajstić information content (AvgIpc) is 2.52. The van der Waals surface area contributed by atoms with Gasteiger partial charge in [-0.15, -0.1) is 0 Å². The molecule has 0 saturated carbocycles. The van der Waals surface area contributed by atoms with Gasteiger partial charge in [-0.05, 0) is 23.8 Å². The summed E-state index contributed by atoms with van der Waals surface area (Å²) in [7, 11) is 1.48. The van der Waals surface area contributed by atoms with Crippen LogP contribution in [-0.2, 0) is 4.74 Å². The Balaban J connectivity index is 2.17. The number of ether oxygens (including phenoxy) is 2. The number of ketones is 1. The number of carbonyl (C=O) groups is 1. The molecule has 2 aromatic rings. The van der Waals surface area contributed by atoms with Crippen LogP contribution in [0.2, 0.25) is 0 Å². The summed E-state index contributed by atoms with van der Waals surface area (Å²) >= 11 is 0. The normalized spacial score (nSPS) is 10.7. The lowest BCUT2D eigenvalue weighted by Crippen LogP contribution is -2.01. The van der Waals surface area contributed by atoms with Gasteiger partial charge in [-0.2, -0.15) is 0 Å². The van der Waals surface area contributed by atoms with E-state index in [2.05, 4.69) is 0 Å². The van der Waals surface area contributed by atoms with Crippen LogP contribution >= 0.6 is 0 Å². The van der Waals surface area contributed by atoms with Crippen LogP contribution in [0.3, 0.4) is 0 Å². The molecule has 0 fully saturated rings. The van der Waals surface area contributed by atoms with Crippen molar-refractivity contribution >= 4 is 11.9 Å². The van der Waals surface area contributed by atoms with Crippen LogP contribution in [0.15, 0.2) is 54.6 Å². The molecule has 0 unspecified atom stereocenters. The fourth-order valence-corrected chi connectivity index (χ4v) is 1.79. The van der Waals surface area contributed by atoms with E-state index < -0.39 is 0 Å². The van der Waals surface area contributed by atoms with Gasteiger partial charge in [-0.3, -0.25) is 4.79 Å². The van der Waals surface area contributed by atoms with Crippen LogP contribution in [0.4, 0.5) is 0 Å². The van der Waals surface area contributed by atoms with Crippen molar-refractivity contribution in [2.45, 2.75) is 0 Å². The summed E-state index contributed by atoms with van der Waals surface area (Å²) in [5, 5.41) is 10.0. The maximum Gasteiger partial charge on any atom is 0.189 e. The van der Waals surface area contributed by atoms with Crippen molar-refractivity contribution in [1.82, 2.24) is 0 Å². The minimum absolute atomic E-state index is 0.00502. The second-order valence-corrected chi connectivity index (χ2v) is 4.31. The van der Waals surface area contributed by atoms with Crippen molar-refractivity contribution in [2.24, 2.45) is 0 Å². The molecule has 1 N–H and O–H groups in total. The minimum atomic E-state index is -0.292. The summed E-state index contributed by atoms with van der Waals surface area (Å²) < 4.78 is 9.97. The molecule has 0 heterocycles. The Bertz CT molecular complexity index is 632. The zero-order chi connectivity index (χ0) is 15.1. The van der Waals surface area contributed by atoms with Crippen LogP contribution < -0.4 is 4.74 Å². The first-order chi connectivity index (χ1) is 10.2. The molecule has 4 nitrogen and oxygen atoms in total. The summed E-state index contributed by atoms with van der Waals surface area (Å²) in [5.74, 6) is -0.257. The zero-order valence-corrected chi connectivity index (χ0v) is 11.7. The molecule has 0 atom stereocenters. The fraction of sp³-hybridized carbons (Fsp3) is 0.118. The average molecular weight is 284 g/mol. The first-order valence-corrected chi connectivity index (χ1v) is 6.43. The van der Waals surface area contributed by atoms with Gasteiger partial charge in [0.15, 0.2) is 24.1 Å². The van der Waals surface area contributed by atoms with E-state index in [0.29, 0.717) is 0 Å². The highest BCUT2D eigenvalue weighted by Crippen LogP contribution is 2.30. The Morgan fingerprint density at radius 2 is 1.90 bits per heavy atom. The van der Waals surface area contributed by atoms with Gasteiger partial charge < -0.3 is 14.6 Å². The van der Waals surface area contributed by atoms with Gasteiger partial charge in [-0.1, -0.05) is 42.5 Å². The number of methoxy groups -OCH3 is 1. The number of carbonyl (C=O) groups excluding carboxylic acids is 1. The van der Waals surface area contributed by atoms with Gasteiger partial charge in [0, 0.05) is 7.11 Å². The van der Waals surface area contributed by atoms with Crippen molar-refractivity contribution in [3.05, 3.63) is 65.7 Å². The van der Waals surface area contributed by atoms with Crippen molar-refractivity contribution < 1.29 is 19.4 Å². The van der Waals surface area contributed by atoms with E-state index in [1.807, 2.05) is 30.3 Å². The van der Waals surface area contributed by atoms with Crippen molar-refractivity contribution in [3.63, 3.8) is 0 Å². The maximum absolute atomic E-state index is 12.1. The lowest BCUT2D eigenvalue weighted by Gasteiger charge is -2.08. The Hall–Kier alpha value is -2.59. The third kappa shape index (κ3) is 3.94. The van der Waals surface area contributed by atoms with Crippen LogP contribution in [0, 0.1) is 0 Å². The maximum atomic E-state index is 12.1. The largest absolute Gasteiger partial charge is 0.504 e. The number of phenolic OH excluding ortho intramolecular Hbond substituents is 1. The van der Waals surface area contributed by atoms with Crippen LogP contribution in [0.25, 0.3) is 6.08 Å². The van der Waals surface area contributed by atoms with Gasteiger partial charge in [0.25, 0.3) is 0 Å². The Morgan fingerprint density at radius 1 is 1.14 bits per heavy atom. The Morgan fingerprint density at radius 3 is 2.62 bits per heavy atom. The number of phenols is 1. The highest BCUT2D eigenvalue weighted by molar-refractivity contribution is 6.09. The van der Waals surface area contributed by atoms with Crippen molar-refractivity contribution in [1.29, 1.82) is 0 Å². The number of aromatic hydroxyl groups is 1. The first-order valence-electron chi connectivity index (χ1n) is 6.43. The van der Waals surface area contributed by atoms with Crippen molar-refractivity contribution in [3.8, 4) is 11.5 Å². The molecule has 2 aromatic carbocycles. The van der Waals surface area contributed by atoms with Crippen LogP contribution in [-0.4, -0.2) is 24.8 Å². The molecule has 2 rings (SSSR count). The van der Waals surface area contributed by atoms with E-state index in [1.54, 1.807) is 24.3 Å². The molecular weight excluding hydrogens is 268 g/mol. The quantitative estimate of drug-likeness (QED) is 0.502. The lowest BCUT2D eigenvalue weighted by molar-refractivity contribution is 0.0490. The molecule has 4 heteroatoms. The van der Waals surface area contributed by atoms with Gasteiger partial charge in [-0.25, -0.2) is 0 Å². The number of benzene rings is 2. The molecule has 0 aromatic heterocycles. The van der Waals surface area contributed by atoms with E-state index in [0.717, 1.165) is 5.56 Å². The predicted molar refractivity (Wildman–Crippen MR) is 80.4 cm³/mol. The third-order valence-electron chi connectivity index (χ3n) is 2.82. The summed E-state index contributed by atoms with van der Waals surface area (Å²) in [4.78, 5) is 12.1. The number of allylic oxidation sites excluding steroid dienone is 1. The Labute approximate surface area is 123 Å². The smallest absolute Gasteiger partial charge is 0.189 e. The molecule has 0 amide bonds. The summed E-state index contributed by atoms with van der Waals surface area (Å²) in [6.45, 7) is 0.00502. The summed E-state index contributed by atoms with van der Waals surface area (Å²) in [6.07, 6.45) is 3.12. The van der Waals surface area contributed by atoms with E-state index in [9.17, 15) is 9.90 Å². The van der Waals surface area contributed by atoms with Gasteiger partial charge in [0.05, 0.1) is 5.56 Å². The molecule has 0 aliphatic heterocycles. The SMILES string of the molecule is COCOc1cccc(C(=O)/C=C/c2ccccc2)c1O. The second kappa shape index (κ2) is 7.26. The van der Waals surface area contributed by atoms with Gasteiger partial charge in [0.2, 0.25) is 0 Å². The van der Waals surface area contributed by atoms with E-state index >= 15 is 0 Å². The molecular formula is C17H16O4. The summed E-state index contributed by atoms with van der Waals surface area (Å²) in [6, 6.07) is 14.2. The molecule has 0 saturated heterocycles. The van der Waals surface area contributed by atoms with E-state index in [-0.39, 0.29) is 29.6 Å². The lowest BCUT2D eigenvalue weighted by atomic mass is 10.1. The molecule has 0 aliphatic rings. The van der Waals surface area contributed by atoms with Crippen LogP contribution in [0.1, 0.15) is 15.9 Å². The molecule has 21 heavy (non-hydrogen) atoms. The predicted octanol–water partition coefficient (Wildman–Crippen LogP) is 3.27. The van der Waals surface area contributed by atoms with E-state index in [1.165, 1.54) is 13.2 Å². The summed E-state index contributed by atoms with van der Waals surface area (Å²) in [5.41, 5.74) is 1.10. The van der Waals surface area contributed by atoms with Gasteiger partial charge >= 0.3 is 0 Å². The third-order valence-corrected chi connectivity index (χ3v) is 2.82. The molecule has 0 radical (unpaired) electrons. The number of para-hydroxylation sites is 1. The Kier molecular flexibility index (Phi) is 5.12. The van der Waals surface area contributed by atoms with Crippen molar-refractivity contribution in [2.75, 3.05) is 13.9 Å². The minimum Gasteiger partial charge on any atom is -0.504 e. The van der Waals surface area contributed by atoms with Crippen LogP contribution in [0.5, 0.6) is 11.5 Å². The van der Waals surface area contributed by atoms with E-state index in [4.69, 9.17) is 9.47 Å². The second-order valence-electron chi connectivity index (χ2n) is 4.31. The first kappa shape index (κ1) is 14.8. The molecule has 0 aliphatic carbocycles. The topological polar surface area (TPSA) is 55.8 Å². The number of hydrogen-bond acceptors (Lipinski definition) is 4. The highest BCUT2D eigenvalue weighted by atomic mass is 16.7. The highest BCUT2D eigenvalue weighted by Gasteiger charge is 2.12. The monoisotopic (exact) mass is 284 g/mol. The van der Waals surface area contributed by atoms with Gasteiger partial charge in [0.1, 0.15) is 0 Å². The molecule has 0 spiro atoms. The number of hydrogen-bond donors (Lipinski definition) is 1. The zero-order valence-electron chi connectivity index (χ0n) is 11.7. The molecule has 108 valence electrons. The standard InChI is InChI=1S/C17H16O4/c1-20-12-21-16-9-5-8-14(17(16)19)15(18)11-10-13-6-3-2-4-7-13/h2-11,19H,12H2,1H3/b11-10+.